The second-order valence-electron chi connectivity index (χ2n) is 3.23. The van der Waals surface area contributed by atoms with E-state index in [0.29, 0.717) is 6.04 Å². The predicted molar refractivity (Wildman–Crippen MR) is 44.2 cm³/mol. The van der Waals surface area contributed by atoms with Crippen LogP contribution < -0.4 is 5.32 Å². The number of piperazine rings is 1. The maximum atomic E-state index is 3.42. The van der Waals surface area contributed by atoms with Crippen LogP contribution in [0, 0.1) is 0 Å². The number of nitrogens with zero attached hydrogens (tertiary/aromatic N) is 1. The first kappa shape index (κ1) is 8.02. The Hall–Kier alpha value is -0.0800. The van der Waals surface area contributed by atoms with E-state index in [0.717, 1.165) is 19.1 Å². The van der Waals surface area contributed by atoms with Crippen LogP contribution in [0.3, 0.4) is 0 Å². The summed E-state index contributed by atoms with van der Waals surface area (Å²) in [4.78, 5) is 2.47. The number of hydrogen-bond donors (Lipinski definition) is 1. The Labute approximate surface area is 63.6 Å². The Kier molecular flexibility index (Phi) is 2.69. The van der Waals surface area contributed by atoms with Gasteiger partial charge in [0.1, 0.15) is 0 Å². The van der Waals surface area contributed by atoms with Gasteiger partial charge in [-0.2, -0.15) is 0 Å². The molecule has 1 rings (SSSR count). The summed E-state index contributed by atoms with van der Waals surface area (Å²) in [7, 11) is 2.22. The van der Waals surface area contributed by atoms with Crippen molar-refractivity contribution in [1.29, 1.82) is 0 Å². The molecule has 0 radical (unpaired) electrons. The Bertz CT molecular complexity index is 103. The quantitative estimate of drug-likeness (QED) is 0.579. The molecule has 2 heteroatoms. The molecule has 1 fully saturated rings. The molecule has 0 aromatic carbocycles. The molecule has 0 amide bonds. The molecule has 2 nitrogen and oxygen atoms in total. The second kappa shape index (κ2) is 3.35. The van der Waals surface area contributed by atoms with Crippen LogP contribution in [0.4, 0.5) is 0 Å². The molecule has 0 aliphatic carbocycles. The molecule has 1 aliphatic heterocycles. The molecule has 0 saturated carbocycles. The lowest BCUT2D eigenvalue weighted by Crippen LogP contribution is -2.53. The minimum absolute atomic E-state index is 0.707. The van der Waals surface area contributed by atoms with E-state index in [1.54, 1.807) is 0 Å². The zero-order valence-corrected chi connectivity index (χ0v) is 7.22. The summed E-state index contributed by atoms with van der Waals surface area (Å²) in [5.74, 6) is 0. The fourth-order valence-corrected chi connectivity index (χ4v) is 1.54. The van der Waals surface area contributed by atoms with Crippen molar-refractivity contribution in [3.8, 4) is 0 Å². The largest absolute Gasteiger partial charge is 0.314 e. The average Bonchev–Trinajstić information content (AvgIpc) is 1.95. The summed E-state index contributed by atoms with van der Waals surface area (Å²) in [5.41, 5.74) is 0. The fraction of sp³-hybridized carbons (Fsp3) is 1.00. The smallest absolute Gasteiger partial charge is 0.0218 e. The molecule has 0 bridgehead atoms. The van der Waals surface area contributed by atoms with Crippen molar-refractivity contribution in [2.24, 2.45) is 0 Å². The highest BCUT2D eigenvalue weighted by molar-refractivity contribution is 4.81. The lowest BCUT2D eigenvalue weighted by Gasteiger charge is -2.37. The van der Waals surface area contributed by atoms with Gasteiger partial charge in [-0.15, -0.1) is 0 Å². The SMILES string of the molecule is CCC1CNCC(C)N1C. The van der Waals surface area contributed by atoms with Gasteiger partial charge in [0.25, 0.3) is 0 Å². The van der Waals surface area contributed by atoms with Crippen LogP contribution in [-0.4, -0.2) is 37.1 Å². The topological polar surface area (TPSA) is 15.3 Å². The van der Waals surface area contributed by atoms with Crippen molar-refractivity contribution >= 4 is 0 Å². The van der Waals surface area contributed by atoms with Gasteiger partial charge >= 0.3 is 0 Å². The Morgan fingerprint density at radius 1 is 1.50 bits per heavy atom. The van der Waals surface area contributed by atoms with Gasteiger partial charge in [0.05, 0.1) is 0 Å². The van der Waals surface area contributed by atoms with Gasteiger partial charge in [-0.1, -0.05) is 6.92 Å². The molecule has 1 heterocycles. The zero-order chi connectivity index (χ0) is 7.56. The average molecular weight is 142 g/mol. The number of nitrogens with one attached hydrogen (secondary N) is 1. The minimum Gasteiger partial charge on any atom is -0.314 e. The monoisotopic (exact) mass is 142 g/mol. The Morgan fingerprint density at radius 3 is 2.70 bits per heavy atom. The highest BCUT2D eigenvalue weighted by Crippen LogP contribution is 2.08. The Balaban J connectivity index is 2.42. The first-order valence-corrected chi connectivity index (χ1v) is 4.18. The van der Waals surface area contributed by atoms with Gasteiger partial charge in [0.15, 0.2) is 0 Å². The lowest BCUT2D eigenvalue weighted by molar-refractivity contribution is 0.137. The third-order valence-electron chi connectivity index (χ3n) is 2.56. The van der Waals surface area contributed by atoms with Crippen LogP contribution in [0.25, 0.3) is 0 Å². The zero-order valence-electron chi connectivity index (χ0n) is 7.22. The standard InChI is InChI=1S/C8H18N2/c1-4-8-6-9-5-7(2)10(8)3/h7-9H,4-6H2,1-3H3. The van der Waals surface area contributed by atoms with E-state index in [-0.39, 0.29) is 0 Å². The van der Waals surface area contributed by atoms with Gasteiger partial charge in [-0.05, 0) is 20.4 Å². The van der Waals surface area contributed by atoms with Crippen LogP contribution >= 0.6 is 0 Å². The van der Waals surface area contributed by atoms with E-state index in [4.69, 9.17) is 0 Å². The molecular weight excluding hydrogens is 124 g/mol. The molecule has 1 N–H and O–H groups in total. The van der Waals surface area contributed by atoms with Crippen LogP contribution in [0.5, 0.6) is 0 Å². The molecule has 2 atom stereocenters. The van der Waals surface area contributed by atoms with E-state index >= 15 is 0 Å². The molecule has 10 heavy (non-hydrogen) atoms. The van der Waals surface area contributed by atoms with Crippen LogP contribution in [0.2, 0.25) is 0 Å². The van der Waals surface area contributed by atoms with Crippen molar-refractivity contribution < 1.29 is 0 Å². The molecule has 60 valence electrons. The van der Waals surface area contributed by atoms with E-state index in [9.17, 15) is 0 Å². The van der Waals surface area contributed by atoms with Crippen molar-refractivity contribution in [3.63, 3.8) is 0 Å². The van der Waals surface area contributed by atoms with Gasteiger partial charge in [0, 0.05) is 25.2 Å². The van der Waals surface area contributed by atoms with Gasteiger partial charge < -0.3 is 5.32 Å². The minimum atomic E-state index is 0.707. The summed E-state index contributed by atoms with van der Waals surface area (Å²) in [5, 5.41) is 3.42. The highest BCUT2D eigenvalue weighted by atomic mass is 15.2. The van der Waals surface area contributed by atoms with E-state index in [1.165, 1.54) is 6.42 Å². The highest BCUT2D eigenvalue weighted by Gasteiger charge is 2.21. The maximum absolute atomic E-state index is 3.42. The second-order valence-corrected chi connectivity index (χ2v) is 3.23. The van der Waals surface area contributed by atoms with Crippen LogP contribution in [0.1, 0.15) is 20.3 Å². The maximum Gasteiger partial charge on any atom is 0.0218 e. The summed E-state index contributed by atoms with van der Waals surface area (Å²) in [6.45, 7) is 6.83. The third-order valence-corrected chi connectivity index (χ3v) is 2.56. The molecule has 2 unspecified atom stereocenters. The molecule has 1 saturated heterocycles. The first-order chi connectivity index (χ1) is 4.75. The molecule has 0 aromatic heterocycles. The van der Waals surface area contributed by atoms with Crippen LogP contribution in [0.15, 0.2) is 0 Å². The normalized spacial score (nSPS) is 36.3. The fourth-order valence-electron chi connectivity index (χ4n) is 1.54. The summed E-state index contributed by atoms with van der Waals surface area (Å²) in [6, 6.07) is 1.46. The van der Waals surface area contributed by atoms with Gasteiger partial charge in [-0.3, -0.25) is 4.90 Å². The van der Waals surface area contributed by atoms with Crippen molar-refractivity contribution in [2.45, 2.75) is 32.4 Å². The van der Waals surface area contributed by atoms with Crippen molar-refractivity contribution in [1.82, 2.24) is 10.2 Å². The van der Waals surface area contributed by atoms with E-state index < -0.39 is 0 Å². The van der Waals surface area contributed by atoms with Gasteiger partial charge in [0.2, 0.25) is 0 Å². The van der Waals surface area contributed by atoms with E-state index in [1.807, 2.05) is 0 Å². The summed E-state index contributed by atoms with van der Waals surface area (Å²) in [6.07, 6.45) is 1.26. The lowest BCUT2D eigenvalue weighted by atomic mass is 10.1. The predicted octanol–water partition coefficient (Wildman–Crippen LogP) is 0.688. The van der Waals surface area contributed by atoms with Gasteiger partial charge in [-0.25, -0.2) is 0 Å². The molecular formula is C8H18N2. The first-order valence-electron chi connectivity index (χ1n) is 4.18. The molecule has 0 spiro atoms. The number of hydrogen-bond acceptors (Lipinski definition) is 2. The van der Waals surface area contributed by atoms with Crippen LogP contribution in [-0.2, 0) is 0 Å². The Morgan fingerprint density at radius 2 is 2.20 bits per heavy atom. The van der Waals surface area contributed by atoms with Crippen molar-refractivity contribution in [2.75, 3.05) is 20.1 Å². The third kappa shape index (κ3) is 1.50. The number of rotatable bonds is 1. The molecule has 0 aromatic rings. The summed E-state index contributed by atoms with van der Waals surface area (Å²) >= 11 is 0. The molecule has 1 aliphatic rings. The van der Waals surface area contributed by atoms with E-state index in [2.05, 4.69) is 31.1 Å². The van der Waals surface area contributed by atoms with Crippen molar-refractivity contribution in [3.05, 3.63) is 0 Å². The summed E-state index contributed by atoms with van der Waals surface area (Å²) < 4.78 is 0. The number of likely N-dealkylation sites (N-methyl/N-ethyl adjacent to an activating group) is 1.